The minimum Gasteiger partial charge on any atom is -0.282 e. The van der Waals surface area contributed by atoms with Crippen LogP contribution in [0.3, 0.4) is 0 Å². The predicted molar refractivity (Wildman–Crippen MR) is 102 cm³/mol. The van der Waals surface area contributed by atoms with Gasteiger partial charge in [0.15, 0.2) is 0 Å². The van der Waals surface area contributed by atoms with Gasteiger partial charge in [0, 0.05) is 0 Å². The summed E-state index contributed by atoms with van der Waals surface area (Å²) in [4.78, 5) is -0.298. The van der Waals surface area contributed by atoms with E-state index in [0.717, 1.165) is 16.7 Å². The lowest BCUT2D eigenvalue weighted by Crippen LogP contribution is -1.99. The van der Waals surface area contributed by atoms with E-state index in [1.165, 1.54) is 12.1 Å². The average Bonchev–Trinajstić information content (AvgIpc) is 2.61. The Bertz CT molecular complexity index is 1030. The largest absolute Gasteiger partial charge is 0.296 e. The number of halogens is 1. The molecule has 3 aromatic carbocycles. The van der Waals surface area contributed by atoms with E-state index in [1.54, 1.807) is 12.1 Å². The maximum absolute atomic E-state index is 11.4. The van der Waals surface area contributed by atoms with Crippen LogP contribution < -0.4 is 0 Å². The Kier molecular flexibility index (Phi) is 5.04. The maximum atomic E-state index is 11.4. The molecule has 0 heterocycles. The van der Waals surface area contributed by atoms with Crippen molar-refractivity contribution in [3.05, 3.63) is 88.9 Å². The molecule has 5 heteroatoms. The van der Waals surface area contributed by atoms with E-state index in [9.17, 15) is 13.0 Å². The van der Waals surface area contributed by atoms with Gasteiger partial charge in [0.05, 0.1) is 5.02 Å². The molecule has 3 nitrogen and oxygen atoms in total. The first-order valence-corrected chi connectivity index (χ1v) is 9.36. The van der Waals surface area contributed by atoms with Crippen LogP contribution in [0.25, 0.3) is 23.3 Å². The highest BCUT2D eigenvalue weighted by molar-refractivity contribution is 7.86. The summed E-state index contributed by atoms with van der Waals surface area (Å²) in [7, 11) is -4.36. The summed E-state index contributed by atoms with van der Waals surface area (Å²) >= 11 is 5.84. The quantitative estimate of drug-likeness (QED) is 0.492. The van der Waals surface area contributed by atoms with E-state index >= 15 is 0 Å². The van der Waals surface area contributed by atoms with Crippen molar-refractivity contribution in [1.82, 2.24) is 0 Å². The van der Waals surface area contributed by atoms with Gasteiger partial charge < -0.3 is 0 Å². The SMILES string of the molecule is O=S(=O)(O)c1cc(C=Cc2ccccc2-c2ccccc2)ccc1Cl. The Labute approximate surface area is 152 Å². The zero-order valence-corrected chi connectivity index (χ0v) is 14.7. The van der Waals surface area contributed by atoms with Gasteiger partial charge >= 0.3 is 0 Å². The smallest absolute Gasteiger partial charge is 0.282 e. The standard InChI is InChI=1S/C20H15ClO3S/c21-19-13-11-15(14-20(19)25(22,23)24)10-12-17-8-4-5-9-18(17)16-6-2-1-3-7-16/h1-14H,(H,22,23,24). The van der Waals surface area contributed by atoms with E-state index < -0.39 is 10.1 Å². The highest BCUT2D eigenvalue weighted by Gasteiger charge is 2.14. The molecule has 1 N–H and O–H groups in total. The zero-order chi connectivity index (χ0) is 17.9. The van der Waals surface area contributed by atoms with Crippen molar-refractivity contribution in [3.8, 4) is 11.1 Å². The van der Waals surface area contributed by atoms with Crippen molar-refractivity contribution in [2.24, 2.45) is 0 Å². The zero-order valence-electron chi connectivity index (χ0n) is 13.1. The summed E-state index contributed by atoms with van der Waals surface area (Å²) in [6, 6.07) is 22.4. The molecule has 0 aliphatic heterocycles. The normalized spacial score (nSPS) is 11.8. The van der Waals surface area contributed by atoms with Gasteiger partial charge in [0.1, 0.15) is 4.90 Å². The third-order valence-corrected chi connectivity index (χ3v) is 5.07. The molecule has 0 aliphatic carbocycles. The van der Waals surface area contributed by atoms with Gasteiger partial charge in [-0.1, -0.05) is 84.4 Å². The first-order valence-electron chi connectivity index (χ1n) is 7.55. The monoisotopic (exact) mass is 370 g/mol. The number of hydrogen-bond donors (Lipinski definition) is 1. The molecule has 0 aromatic heterocycles. The summed E-state index contributed by atoms with van der Waals surface area (Å²) in [5.41, 5.74) is 3.79. The van der Waals surface area contributed by atoms with E-state index in [0.29, 0.717) is 5.56 Å². The summed E-state index contributed by atoms with van der Waals surface area (Å²) in [5, 5.41) is -0.00987. The van der Waals surface area contributed by atoms with Gasteiger partial charge in [0.25, 0.3) is 10.1 Å². The Morgan fingerprint density at radius 2 is 1.52 bits per heavy atom. The molecule has 0 bridgehead atoms. The van der Waals surface area contributed by atoms with Gasteiger partial charge in [-0.15, -0.1) is 0 Å². The number of benzene rings is 3. The fourth-order valence-corrected chi connectivity index (χ4v) is 3.54. The second-order valence-electron chi connectivity index (χ2n) is 5.45. The van der Waals surface area contributed by atoms with Crippen LogP contribution in [0.1, 0.15) is 11.1 Å². The minimum atomic E-state index is -4.36. The first kappa shape index (κ1) is 17.4. The summed E-state index contributed by atoms with van der Waals surface area (Å²) in [5.74, 6) is 0. The van der Waals surface area contributed by atoms with E-state index in [4.69, 9.17) is 11.6 Å². The van der Waals surface area contributed by atoms with Crippen molar-refractivity contribution >= 4 is 33.9 Å². The molecular formula is C20H15ClO3S. The van der Waals surface area contributed by atoms with Crippen LogP contribution in [0.2, 0.25) is 5.02 Å². The second-order valence-corrected chi connectivity index (χ2v) is 7.25. The molecule has 3 rings (SSSR count). The molecule has 0 aliphatic rings. The molecule has 0 radical (unpaired) electrons. The Hall–Kier alpha value is -2.40. The van der Waals surface area contributed by atoms with Crippen molar-refractivity contribution in [2.45, 2.75) is 4.90 Å². The van der Waals surface area contributed by atoms with Crippen LogP contribution in [0.4, 0.5) is 0 Å². The van der Waals surface area contributed by atoms with Crippen molar-refractivity contribution < 1.29 is 13.0 Å². The van der Waals surface area contributed by atoms with Crippen molar-refractivity contribution in [1.29, 1.82) is 0 Å². The Balaban J connectivity index is 1.99. The first-order chi connectivity index (χ1) is 11.9. The molecule has 0 saturated carbocycles. The van der Waals surface area contributed by atoms with Crippen LogP contribution in [-0.2, 0) is 10.1 Å². The number of hydrogen-bond acceptors (Lipinski definition) is 2. The van der Waals surface area contributed by atoms with Gasteiger partial charge in [0.2, 0.25) is 0 Å². The van der Waals surface area contributed by atoms with Gasteiger partial charge in [-0.3, -0.25) is 4.55 Å². The molecule has 0 amide bonds. The molecule has 0 saturated heterocycles. The molecule has 0 spiro atoms. The van der Waals surface area contributed by atoms with Gasteiger partial charge in [-0.05, 0) is 34.4 Å². The van der Waals surface area contributed by atoms with Crippen molar-refractivity contribution in [3.63, 3.8) is 0 Å². The van der Waals surface area contributed by atoms with Gasteiger partial charge in [-0.25, -0.2) is 0 Å². The van der Waals surface area contributed by atoms with Gasteiger partial charge in [-0.2, -0.15) is 8.42 Å². The topological polar surface area (TPSA) is 54.4 Å². The van der Waals surface area contributed by atoms with Crippen LogP contribution in [0, 0.1) is 0 Å². The average molecular weight is 371 g/mol. The fourth-order valence-electron chi connectivity index (χ4n) is 2.53. The van der Waals surface area contributed by atoms with Crippen LogP contribution in [0.15, 0.2) is 77.7 Å². The third-order valence-electron chi connectivity index (χ3n) is 3.73. The number of rotatable bonds is 4. The predicted octanol–water partition coefficient (Wildman–Crippen LogP) is 5.42. The molecular weight excluding hydrogens is 356 g/mol. The molecule has 126 valence electrons. The maximum Gasteiger partial charge on any atom is 0.296 e. The summed E-state index contributed by atoms with van der Waals surface area (Å²) < 4.78 is 32.0. The van der Waals surface area contributed by atoms with E-state index in [-0.39, 0.29) is 9.92 Å². The summed E-state index contributed by atoms with van der Waals surface area (Å²) in [6.07, 6.45) is 3.69. The third kappa shape index (κ3) is 4.17. The molecule has 0 unspecified atom stereocenters. The Morgan fingerprint density at radius 1 is 0.840 bits per heavy atom. The van der Waals surface area contributed by atoms with Crippen LogP contribution >= 0.6 is 11.6 Å². The molecule has 0 atom stereocenters. The fraction of sp³-hybridized carbons (Fsp3) is 0. The molecule has 3 aromatic rings. The van der Waals surface area contributed by atoms with Crippen LogP contribution in [-0.4, -0.2) is 13.0 Å². The Morgan fingerprint density at radius 3 is 2.24 bits per heavy atom. The summed E-state index contributed by atoms with van der Waals surface area (Å²) in [6.45, 7) is 0. The minimum absolute atomic E-state index is 0.00987. The van der Waals surface area contributed by atoms with E-state index in [1.807, 2.05) is 60.7 Å². The van der Waals surface area contributed by atoms with Crippen LogP contribution in [0.5, 0.6) is 0 Å². The lowest BCUT2D eigenvalue weighted by Gasteiger charge is -2.06. The lowest BCUT2D eigenvalue weighted by atomic mass is 9.99. The highest BCUT2D eigenvalue weighted by atomic mass is 35.5. The van der Waals surface area contributed by atoms with E-state index in [2.05, 4.69) is 0 Å². The molecule has 0 fully saturated rings. The van der Waals surface area contributed by atoms with Crippen molar-refractivity contribution in [2.75, 3.05) is 0 Å². The molecule has 25 heavy (non-hydrogen) atoms. The lowest BCUT2D eigenvalue weighted by molar-refractivity contribution is 0.483. The second kappa shape index (κ2) is 7.23. The highest BCUT2D eigenvalue weighted by Crippen LogP contribution is 2.26.